The fraction of sp³-hybridized carbons (Fsp3) is 0.462. The summed E-state index contributed by atoms with van der Waals surface area (Å²) >= 11 is 0. The molecule has 0 unspecified atom stereocenters. The van der Waals surface area contributed by atoms with E-state index in [1.54, 1.807) is 11.9 Å². The molecule has 1 fully saturated rings. The Bertz CT molecular complexity index is 1200. The predicted molar refractivity (Wildman–Crippen MR) is 134 cm³/mol. The summed E-state index contributed by atoms with van der Waals surface area (Å²) in [6, 6.07) is 4.37. The van der Waals surface area contributed by atoms with E-state index < -0.39 is 17.6 Å². The van der Waals surface area contributed by atoms with Gasteiger partial charge in [-0.25, -0.2) is 9.97 Å². The van der Waals surface area contributed by atoms with E-state index in [-0.39, 0.29) is 41.3 Å². The first-order valence-corrected chi connectivity index (χ1v) is 12.0. The molecule has 37 heavy (non-hydrogen) atoms. The van der Waals surface area contributed by atoms with Crippen LogP contribution in [0.15, 0.2) is 35.5 Å². The number of primary amides is 1. The molecule has 11 heteroatoms. The summed E-state index contributed by atoms with van der Waals surface area (Å²) in [5.74, 6) is -0.454. The Morgan fingerprint density at radius 2 is 1.97 bits per heavy atom. The van der Waals surface area contributed by atoms with Crippen molar-refractivity contribution in [2.24, 2.45) is 5.73 Å². The molecule has 1 aromatic carbocycles. The van der Waals surface area contributed by atoms with Crippen molar-refractivity contribution < 1.29 is 27.5 Å². The van der Waals surface area contributed by atoms with Gasteiger partial charge in [0.05, 0.1) is 30.1 Å². The third kappa shape index (κ3) is 6.78. The average Bonchev–Trinajstić information content (AvgIpc) is 2.86. The lowest BCUT2D eigenvalue weighted by Gasteiger charge is -2.34. The number of carbonyl (C=O) groups excluding carboxylic acids is 2. The maximum Gasteiger partial charge on any atom is 0.419 e. The molecule has 1 saturated carbocycles. The minimum Gasteiger partial charge on any atom is -0.495 e. The lowest BCUT2D eigenvalue weighted by Crippen LogP contribution is -2.38. The highest BCUT2D eigenvalue weighted by Crippen LogP contribution is 2.35. The largest absolute Gasteiger partial charge is 0.495 e. The molecule has 0 radical (unpaired) electrons. The van der Waals surface area contributed by atoms with Crippen LogP contribution in [-0.4, -0.2) is 46.9 Å². The summed E-state index contributed by atoms with van der Waals surface area (Å²) in [6.45, 7) is 3.43. The number of rotatable bonds is 8. The first-order valence-electron chi connectivity index (χ1n) is 12.0. The maximum absolute atomic E-state index is 13.8. The number of aryl methyl sites for hydroxylation is 1. The number of nitrogens with zero attached hydrogens (tertiary/aromatic N) is 3. The van der Waals surface area contributed by atoms with Crippen LogP contribution < -0.4 is 15.8 Å². The summed E-state index contributed by atoms with van der Waals surface area (Å²) in [5, 5.41) is 2.87. The van der Waals surface area contributed by atoms with Crippen molar-refractivity contribution in [3.05, 3.63) is 52.4 Å². The number of anilines is 2. The number of halogens is 3. The number of aromatic nitrogens is 2. The SMILES string of the molecule is COc1cc(C(N)=O)ccc1Nc1ncc(C(F)(F)F)c(CC/C(C)=C2\CCCC[C@H]2N(C)C(C)=O)n1. The normalized spacial score (nSPS) is 17.2. The van der Waals surface area contributed by atoms with Crippen LogP contribution in [0.5, 0.6) is 5.75 Å². The van der Waals surface area contributed by atoms with E-state index in [0.717, 1.165) is 43.0 Å². The second kappa shape index (κ2) is 11.6. The summed E-state index contributed by atoms with van der Waals surface area (Å²) < 4.78 is 46.6. The molecule has 0 bridgehead atoms. The standard InChI is InChI=1S/C26H32F3N5O3/c1-15(18-7-5-6-8-22(18)34(3)16(2)35)9-11-20-19(26(27,28)29)14-31-25(32-20)33-21-12-10-17(24(30)36)13-23(21)37-4/h10,12-14,22H,5-9,11H2,1-4H3,(H2,30,36)(H,31,32,33)/b18-15+/t22-/m1/s1. The molecule has 0 aliphatic heterocycles. The van der Waals surface area contributed by atoms with Gasteiger partial charge in [0.25, 0.3) is 0 Å². The third-order valence-electron chi connectivity index (χ3n) is 6.73. The first kappa shape index (κ1) is 27.9. The average molecular weight is 520 g/mol. The Hall–Kier alpha value is -3.63. The number of hydrogen-bond acceptors (Lipinski definition) is 6. The van der Waals surface area contributed by atoms with Crippen molar-refractivity contribution in [3.63, 3.8) is 0 Å². The van der Waals surface area contributed by atoms with E-state index in [9.17, 15) is 22.8 Å². The van der Waals surface area contributed by atoms with Crippen LogP contribution in [-0.2, 0) is 17.4 Å². The Kier molecular flexibility index (Phi) is 8.77. The van der Waals surface area contributed by atoms with E-state index >= 15 is 0 Å². The Labute approximate surface area is 214 Å². The Morgan fingerprint density at radius 1 is 1.24 bits per heavy atom. The van der Waals surface area contributed by atoms with Gasteiger partial charge in [-0.2, -0.15) is 13.2 Å². The minimum atomic E-state index is -4.61. The van der Waals surface area contributed by atoms with E-state index in [1.165, 1.54) is 32.2 Å². The number of nitrogens with one attached hydrogen (secondary N) is 1. The Morgan fingerprint density at radius 3 is 2.59 bits per heavy atom. The molecule has 1 aliphatic carbocycles. The number of likely N-dealkylation sites (N-methyl/N-ethyl adjacent to an activating group) is 1. The molecule has 1 aromatic heterocycles. The van der Waals surface area contributed by atoms with Gasteiger partial charge in [-0.1, -0.05) is 12.0 Å². The molecule has 1 aliphatic rings. The Balaban J connectivity index is 1.89. The quantitative estimate of drug-likeness (QED) is 0.474. The number of hydrogen-bond donors (Lipinski definition) is 2. The fourth-order valence-corrected chi connectivity index (χ4v) is 4.58. The summed E-state index contributed by atoms with van der Waals surface area (Å²) in [4.78, 5) is 33.2. The second-order valence-electron chi connectivity index (χ2n) is 9.15. The van der Waals surface area contributed by atoms with Crippen molar-refractivity contribution in [1.29, 1.82) is 0 Å². The third-order valence-corrected chi connectivity index (χ3v) is 6.73. The zero-order valence-corrected chi connectivity index (χ0v) is 21.4. The molecule has 2 aromatic rings. The highest BCUT2D eigenvalue weighted by molar-refractivity contribution is 5.94. The highest BCUT2D eigenvalue weighted by atomic mass is 19.4. The summed E-state index contributed by atoms with van der Waals surface area (Å²) in [6.07, 6.45) is 0.223. The summed E-state index contributed by atoms with van der Waals surface area (Å²) in [7, 11) is 3.16. The maximum atomic E-state index is 13.8. The smallest absolute Gasteiger partial charge is 0.419 e. The lowest BCUT2D eigenvalue weighted by atomic mass is 9.84. The molecule has 200 valence electrons. The number of nitrogens with two attached hydrogens (primary N) is 1. The number of benzene rings is 1. The van der Waals surface area contributed by atoms with E-state index in [4.69, 9.17) is 10.5 Å². The van der Waals surface area contributed by atoms with Crippen molar-refractivity contribution in [2.75, 3.05) is 19.5 Å². The molecule has 1 atom stereocenters. The number of allylic oxidation sites excluding steroid dienone is 1. The topological polar surface area (TPSA) is 110 Å². The molecular weight excluding hydrogens is 487 g/mol. The van der Waals surface area contributed by atoms with Crippen LogP contribution in [0.1, 0.15) is 67.6 Å². The van der Waals surface area contributed by atoms with E-state index in [0.29, 0.717) is 12.1 Å². The van der Waals surface area contributed by atoms with Gasteiger partial charge in [0.1, 0.15) is 5.75 Å². The van der Waals surface area contributed by atoms with Crippen LogP contribution in [0.25, 0.3) is 0 Å². The monoisotopic (exact) mass is 519 g/mol. The van der Waals surface area contributed by atoms with Crippen molar-refractivity contribution >= 4 is 23.5 Å². The highest BCUT2D eigenvalue weighted by Gasteiger charge is 2.35. The number of carbonyl (C=O) groups is 2. The second-order valence-corrected chi connectivity index (χ2v) is 9.15. The molecule has 3 rings (SSSR count). The van der Waals surface area contributed by atoms with Gasteiger partial charge in [-0.3, -0.25) is 9.59 Å². The molecule has 2 amide bonds. The molecule has 1 heterocycles. The number of methoxy groups -OCH3 is 1. The first-order chi connectivity index (χ1) is 17.4. The van der Waals surface area contributed by atoms with Gasteiger partial charge in [0, 0.05) is 25.7 Å². The van der Waals surface area contributed by atoms with Gasteiger partial charge < -0.3 is 20.7 Å². The van der Waals surface area contributed by atoms with Gasteiger partial charge >= 0.3 is 6.18 Å². The van der Waals surface area contributed by atoms with E-state index in [1.807, 2.05) is 6.92 Å². The predicted octanol–water partition coefficient (Wildman–Crippen LogP) is 5.02. The molecule has 3 N–H and O–H groups in total. The van der Waals surface area contributed by atoms with Crippen molar-refractivity contribution in [1.82, 2.24) is 14.9 Å². The zero-order valence-electron chi connectivity index (χ0n) is 21.4. The van der Waals surface area contributed by atoms with Gasteiger partial charge in [-0.15, -0.1) is 0 Å². The lowest BCUT2D eigenvalue weighted by molar-refractivity contribution is -0.138. The fourth-order valence-electron chi connectivity index (χ4n) is 4.58. The van der Waals surface area contributed by atoms with Gasteiger partial charge in [-0.05, 0) is 62.8 Å². The van der Waals surface area contributed by atoms with Gasteiger partial charge in [0.15, 0.2) is 0 Å². The van der Waals surface area contributed by atoms with Crippen molar-refractivity contribution in [3.8, 4) is 5.75 Å². The number of ether oxygens (including phenoxy) is 1. The van der Waals surface area contributed by atoms with E-state index in [2.05, 4.69) is 15.3 Å². The van der Waals surface area contributed by atoms with Crippen LogP contribution in [0.2, 0.25) is 0 Å². The van der Waals surface area contributed by atoms with Crippen LogP contribution in [0, 0.1) is 0 Å². The number of alkyl halides is 3. The molecule has 8 nitrogen and oxygen atoms in total. The summed E-state index contributed by atoms with van der Waals surface area (Å²) in [5.41, 5.74) is 6.95. The molecule has 0 spiro atoms. The minimum absolute atomic E-state index is 0.0354. The van der Waals surface area contributed by atoms with Crippen LogP contribution in [0.3, 0.4) is 0 Å². The zero-order chi connectivity index (χ0) is 27.3. The molecular formula is C26H32F3N5O3. The van der Waals surface area contributed by atoms with Crippen LogP contribution >= 0.6 is 0 Å². The van der Waals surface area contributed by atoms with Crippen molar-refractivity contribution in [2.45, 2.75) is 64.6 Å². The van der Waals surface area contributed by atoms with Crippen LogP contribution in [0.4, 0.5) is 24.8 Å². The molecule has 0 saturated heterocycles. The van der Waals surface area contributed by atoms with Gasteiger partial charge in [0.2, 0.25) is 17.8 Å². The number of amides is 2.